The first-order valence-corrected chi connectivity index (χ1v) is 6.15. The van der Waals surface area contributed by atoms with E-state index >= 15 is 0 Å². The maximum absolute atomic E-state index is 11.2. The average Bonchev–Trinajstić information content (AvgIpc) is 2.75. The topological polar surface area (TPSA) is 30.2 Å². The molecule has 0 aliphatic heterocycles. The van der Waals surface area contributed by atoms with Crippen LogP contribution in [0.2, 0.25) is 0 Å². The fourth-order valence-electron chi connectivity index (χ4n) is 2.14. The Labute approximate surface area is 109 Å². The van der Waals surface area contributed by atoms with Crippen molar-refractivity contribution in [2.75, 3.05) is 0 Å². The van der Waals surface area contributed by atoms with Crippen molar-refractivity contribution in [3.8, 4) is 0 Å². The van der Waals surface area contributed by atoms with E-state index in [0.717, 1.165) is 27.5 Å². The summed E-state index contributed by atoms with van der Waals surface area (Å²) in [5, 5.41) is 1.73. The third-order valence-electron chi connectivity index (χ3n) is 3.24. The van der Waals surface area contributed by atoms with Crippen LogP contribution in [0.5, 0.6) is 0 Å². The normalized spacial score (nSPS) is 13.0. The molecule has 0 aliphatic rings. The number of para-hydroxylation sites is 1. The van der Waals surface area contributed by atoms with E-state index in [9.17, 15) is 4.79 Å². The molecule has 3 rings (SSSR count). The molecule has 18 heavy (non-hydrogen) atoms. The maximum Gasteiger partial charge on any atom is 0.228 e. The molecule has 1 unspecified atom stereocenters. The summed E-state index contributed by atoms with van der Waals surface area (Å²) in [4.78, 5) is 11.2. The molecule has 0 radical (unpaired) electrons. The van der Waals surface area contributed by atoms with Crippen molar-refractivity contribution < 1.29 is 9.21 Å². The Morgan fingerprint density at radius 2 is 1.83 bits per heavy atom. The Balaban J connectivity index is 2.27. The van der Waals surface area contributed by atoms with E-state index in [1.165, 1.54) is 0 Å². The molecule has 2 aromatic carbocycles. The fourth-order valence-corrected chi connectivity index (χ4v) is 2.27. The van der Waals surface area contributed by atoms with Gasteiger partial charge in [0.15, 0.2) is 0 Å². The number of benzene rings is 2. The van der Waals surface area contributed by atoms with Gasteiger partial charge in [-0.05, 0) is 35.4 Å². The zero-order chi connectivity index (χ0) is 12.7. The van der Waals surface area contributed by atoms with Gasteiger partial charge in [0.25, 0.3) is 0 Å². The number of hydrogen-bond acceptors (Lipinski definition) is 2. The number of hydrogen-bond donors (Lipinski definition) is 0. The van der Waals surface area contributed by atoms with E-state index in [-0.39, 0.29) is 11.2 Å². The summed E-state index contributed by atoms with van der Waals surface area (Å²) in [6.45, 7) is 1.80. The first-order chi connectivity index (χ1) is 8.66. The van der Waals surface area contributed by atoms with Crippen LogP contribution in [-0.4, -0.2) is 5.24 Å². The minimum absolute atomic E-state index is 0.301. The van der Waals surface area contributed by atoms with Gasteiger partial charge in [-0.2, -0.15) is 0 Å². The van der Waals surface area contributed by atoms with Crippen LogP contribution >= 0.6 is 11.6 Å². The number of halogens is 1. The molecule has 0 saturated heterocycles. The van der Waals surface area contributed by atoms with E-state index in [1.807, 2.05) is 42.5 Å². The molecule has 0 fully saturated rings. The Hall–Kier alpha value is -1.80. The lowest BCUT2D eigenvalue weighted by atomic mass is 10.0. The van der Waals surface area contributed by atoms with E-state index in [1.54, 1.807) is 6.92 Å². The van der Waals surface area contributed by atoms with Crippen molar-refractivity contribution in [3.05, 3.63) is 48.0 Å². The molecule has 0 saturated carbocycles. The van der Waals surface area contributed by atoms with Gasteiger partial charge in [-0.25, -0.2) is 0 Å². The molecule has 1 atom stereocenters. The van der Waals surface area contributed by atoms with Crippen LogP contribution in [0.3, 0.4) is 0 Å². The molecule has 0 N–H and O–H groups in total. The quantitative estimate of drug-likeness (QED) is 0.636. The minimum Gasteiger partial charge on any atom is -0.456 e. The third kappa shape index (κ3) is 1.70. The van der Waals surface area contributed by atoms with Crippen LogP contribution in [0.15, 0.2) is 46.9 Å². The second kappa shape index (κ2) is 4.14. The summed E-state index contributed by atoms with van der Waals surface area (Å²) in [7, 11) is 0. The zero-order valence-corrected chi connectivity index (χ0v) is 10.6. The smallest absolute Gasteiger partial charge is 0.228 e. The van der Waals surface area contributed by atoms with Crippen LogP contribution < -0.4 is 0 Å². The molecule has 0 spiro atoms. The lowest BCUT2D eigenvalue weighted by molar-refractivity contribution is -0.112. The van der Waals surface area contributed by atoms with Crippen LogP contribution in [0.1, 0.15) is 18.4 Å². The molecule has 2 nitrogen and oxygen atoms in total. The minimum atomic E-state index is -0.345. The second-order valence-corrected chi connectivity index (χ2v) is 4.75. The van der Waals surface area contributed by atoms with E-state index in [4.69, 9.17) is 16.0 Å². The highest BCUT2D eigenvalue weighted by Gasteiger charge is 2.14. The number of carbonyl (C=O) groups excluding carboxylic acids is 1. The molecule has 90 valence electrons. The molecule has 0 amide bonds. The first-order valence-electron chi connectivity index (χ1n) is 5.77. The van der Waals surface area contributed by atoms with Gasteiger partial charge in [-0.15, -0.1) is 0 Å². The highest BCUT2D eigenvalue weighted by Crippen LogP contribution is 2.31. The molecular weight excluding hydrogens is 248 g/mol. The SMILES string of the molecule is CC(C(=O)Cl)c1ccc2oc3ccccc3c2c1. The van der Waals surface area contributed by atoms with Gasteiger partial charge in [-0.1, -0.05) is 31.2 Å². The molecular formula is C15H11ClO2. The number of fused-ring (bicyclic) bond motifs is 3. The first kappa shape index (κ1) is 11.3. The number of rotatable bonds is 2. The number of carbonyl (C=O) groups is 1. The highest BCUT2D eigenvalue weighted by atomic mass is 35.5. The second-order valence-electron chi connectivity index (χ2n) is 4.38. The van der Waals surface area contributed by atoms with Crippen molar-refractivity contribution >= 4 is 38.8 Å². The highest BCUT2D eigenvalue weighted by molar-refractivity contribution is 6.64. The van der Waals surface area contributed by atoms with Gasteiger partial charge in [0.1, 0.15) is 11.2 Å². The molecule has 1 aromatic heterocycles. The molecule has 1 heterocycles. The Bertz CT molecular complexity index is 742. The summed E-state index contributed by atoms with van der Waals surface area (Å²) in [6.07, 6.45) is 0. The summed E-state index contributed by atoms with van der Waals surface area (Å²) in [5.74, 6) is -0.301. The van der Waals surface area contributed by atoms with Crippen molar-refractivity contribution in [1.82, 2.24) is 0 Å². The summed E-state index contributed by atoms with van der Waals surface area (Å²) in [6, 6.07) is 13.6. The summed E-state index contributed by atoms with van der Waals surface area (Å²) >= 11 is 5.54. The van der Waals surface area contributed by atoms with Gasteiger partial charge in [0, 0.05) is 10.8 Å². The molecule has 0 aliphatic carbocycles. The van der Waals surface area contributed by atoms with E-state index < -0.39 is 0 Å². The van der Waals surface area contributed by atoms with Gasteiger partial charge < -0.3 is 4.42 Å². The standard InChI is InChI=1S/C15H11ClO2/c1-9(15(16)17)10-6-7-14-12(8-10)11-4-2-3-5-13(11)18-14/h2-9H,1H3. The van der Waals surface area contributed by atoms with Gasteiger partial charge in [0.2, 0.25) is 5.24 Å². The Morgan fingerprint density at radius 1 is 1.11 bits per heavy atom. The van der Waals surface area contributed by atoms with Crippen molar-refractivity contribution in [2.24, 2.45) is 0 Å². The van der Waals surface area contributed by atoms with Crippen molar-refractivity contribution in [2.45, 2.75) is 12.8 Å². The monoisotopic (exact) mass is 258 g/mol. The lowest BCUT2D eigenvalue weighted by Gasteiger charge is -2.05. The van der Waals surface area contributed by atoms with Crippen LogP contribution in [-0.2, 0) is 4.79 Å². The Kier molecular flexibility index (Phi) is 2.60. The summed E-state index contributed by atoms with van der Waals surface area (Å²) < 4.78 is 5.73. The van der Waals surface area contributed by atoms with E-state index in [2.05, 4.69) is 0 Å². The third-order valence-corrected chi connectivity index (χ3v) is 3.57. The maximum atomic E-state index is 11.2. The zero-order valence-electron chi connectivity index (χ0n) is 9.81. The van der Waals surface area contributed by atoms with Crippen LogP contribution in [0.25, 0.3) is 21.9 Å². The van der Waals surface area contributed by atoms with Gasteiger partial charge in [-0.3, -0.25) is 4.79 Å². The summed E-state index contributed by atoms with van der Waals surface area (Å²) in [5.41, 5.74) is 2.60. The predicted molar refractivity (Wildman–Crippen MR) is 73.0 cm³/mol. The van der Waals surface area contributed by atoms with Crippen molar-refractivity contribution in [1.29, 1.82) is 0 Å². The Morgan fingerprint density at radius 3 is 2.61 bits per heavy atom. The average molecular weight is 259 g/mol. The fraction of sp³-hybridized carbons (Fsp3) is 0.133. The predicted octanol–water partition coefficient (Wildman–Crippen LogP) is 4.45. The van der Waals surface area contributed by atoms with E-state index in [0.29, 0.717) is 0 Å². The molecule has 3 aromatic rings. The van der Waals surface area contributed by atoms with Crippen LogP contribution in [0.4, 0.5) is 0 Å². The van der Waals surface area contributed by atoms with Gasteiger partial charge in [0.05, 0.1) is 5.92 Å². The number of furan rings is 1. The van der Waals surface area contributed by atoms with Crippen molar-refractivity contribution in [3.63, 3.8) is 0 Å². The lowest BCUT2D eigenvalue weighted by Crippen LogP contribution is -2.01. The van der Waals surface area contributed by atoms with Gasteiger partial charge >= 0.3 is 0 Å². The van der Waals surface area contributed by atoms with Crippen LogP contribution in [0, 0.1) is 0 Å². The molecule has 3 heteroatoms. The molecule has 0 bridgehead atoms. The largest absolute Gasteiger partial charge is 0.456 e.